The van der Waals surface area contributed by atoms with Gasteiger partial charge in [0.05, 0.1) is 28.9 Å². The molecular weight excluding hydrogens is 393 g/mol. The lowest BCUT2D eigenvalue weighted by Gasteiger charge is -2.28. The number of carbonyl (C=O) groups is 1. The zero-order chi connectivity index (χ0) is 20.8. The molecule has 4 nitrogen and oxygen atoms in total. The van der Waals surface area contributed by atoms with E-state index in [1.54, 1.807) is 0 Å². The number of hydrogen-bond donors (Lipinski definition) is 0. The number of hydrogen-bond acceptors (Lipinski definition) is 3. The van der Waals surface area contributed by atoms with Crippen molar-refractivity contribution in [3.63, 3.8) is 0 Å². The van der Waals surface area contributed by atoms with E-state index >= 15 is 8.78 Å². The second-order valence-corrected chi connectivity index (χ2v) is 6.46. The largest absolute Gasteiger partial charge is 0.416 e. The third-order valence-corrected chi connectivity index (χ3v) is 4.57. The van der Waals surface area contributed by atoms with Gasteiger partial charge in [-0.15, -0.1) is 0 Å². The molecule has 2 aromatic heterocycles. The third-order valence-electron chi connectivity index (χ3n) is 4.57. The van der Waals surface area contributed by atoms with Crippen molar-refractivity contribution >= 4 is 11.6 Å². The summed E-state index contributed by atoms with van der Waals surface area (Å²) in [6.45, 7) is 0. The second-order valence-electron chi connectivity index (χ2n) is 6.46. The maximum atomic E-state index is 15.0. The van der Waals surface area contributed by atoms with E-state index in [4.69, 9.17) is 0 Å². The summed E-state index contributed by atoms with van der Waals surface area (Å²) >= 11 is 0. The van der Waals surface area contributed by atoms with E-state index in [0.717, 1.165) is 24.4 Å². The number of amides is 1. The van der Waals surface area contributed by atoms with Crippen LogP contribution in [0.5, 0.6) is 0 Å². The quantitative estimate of drug-likeness (QED) is 0.465. The molecule has 0 saturated heterocycles. The third kappa shape index (κ3) is 3.32. The predicted octanol–water partition coefficient (Wildman–Crippen LogP) is 4.80. The molecule has 0 N–H and O–H groups in total. The highest BCUT2D eigenvalue weighted by Gasteiger charge is 2.48. The summed E-state index contributed by atoms with van der Waals surface area (Å²) in [4.78, 5) is 20.3. The summed E-state index contributed by atoms with van der Waals surface area (Å²) in [5, 5.41) is 0. The summed E-state index contributed by atoms with van der Waals surface area (Å²) in [5.74, 6) is -0.859. The van der Waals surface area contributed by atoms with Crippen molar-refractivity contribution in [2.45, 2.75) is 18.6 Å². The molecule has 0 saturated carbocycles. The lowest BCUT2D eigenvalue weighted by Crippen LogP contribution is -2.41. The van der Waals surface area contributed by atoms with Gasteiger partial charge in [-0.1, -0.05) is 12.1 Å². The highest BCUT2D eigenvalue weighted by atomic mass is 19.4. The molecule has 3 heterocycles. The number of anilines is 1. The van der Waals surface area contributed by atoms with E-state index in [1.165, 1.54) is 36.7 Å². The van der Waals surface area contributed by atoms with Crippen LogP contribution < -0.4 is 4.90 Å². The topological polar surface area (TPSA) is 46.1 Å². The van der Waals surface area contributed by atoms with Gasteiger partial charge in [-0.2, -0.15) is 22.0 Å². The van der Waals surface area contributed by atoms with E-state index in [1.807, 2.05) is 0 Å². The SMILES string of the molecule is O=C1Cc2ncc(-c3cccc(C(F)(F)F)c3)cc2N1C(F)(F)c1cccnc1. The Balaban J connectivity index is 1.79. The number of aromatic nitrogens is 2. The van der Waals surface area contributed by atoms with Crippen molar-refractivity contribution in [2.24, 2.45) is 0 Å². The Labute approximate surface area is 161 Å². The summed E-state index contributed by atoms with van der Waals surface area (Å²) in [6, 6.07) is 4.49. The molecular formula is C20H12F5N3O. The fourth-order valence-corrected chi connectivity index (χ4v) is 3.18. The highest BCUT2D eigenvalue weighted by Crippen LogP contribution is 2.42. The fourth-order valence-electron chi connectivity index (χ4n) is 3.18. The van der Waals surface area contributed by atoms with Crippen LogP contribution in [0.2, 0.25) is 0 Å². The van der Waals surface area contributed by atoms with Crippen LogP contribution in [-0.4, -0.2) is 15.9 Å². The zero-order valence-electron chi connectivity index (χ0n) is 14.6. The molecule has 148 valence electrons. The first kappa shape index (κ1) is 19.0. The van der Waals surface area contributed by atoms with Crippen molar-refractivity contribution in [3.05, 3.63) is 77.9 Å². The molecule has 0 aliphatic carbocycles. The minimum Gasteiger partial charge on any atom is -0.274 e. The van der Waals surface area contributed by atoms with Crippen LogP contribution in [0.25, 0.3) is 11.1 Å². The van der Waals surface area contributed by atoms with Gasteiger partial charge in [0.15, 0.2) is 0 Å². The van der Waals surface area contributed by atoms with Gasteiger partial charge in [-0.25, -0.2) is 4.90 Å². The number of halogens is 5. The Morgan fingerprint density at radius 1 is 0.897 bits per heavy atom. The van der Waals surface area contributed by atoms with E-state index in [0.29, 0.717) is 4.90 Å². The number of nitrogens with zero attached hydrogens (tertiary/aromatic N) is 3. The van der Waals surface area contributed by atoms with Gasteiger partial charge in [0.25, 0.3) is 0 Å². The molecule has 4 rings (SSSR count). The van der Waals surface area contributed by atoms with Gasteiger partial charge in [0.2, 0.25) is 5.91 Å². The monoisotopic (exact) mass is 405 g/mol. The Kier molecular flexibility index (Phi) is 4.33. The van der Waals surface area contributed by atoms with Crippen molar-refractivity contribution in [1.29, 1.82) is 0 Å². The molecule has 0 unspecified atom stereocenters. The first-order valence-electron chi connectivity index (χ1n) is 8.46. The summed E-state index contributed by atoms with van der Waals surface area (Å²) in [6.07, 6.45) is -1.32. The minimum absolute atomic E-state index is 0.134. The number of fused-ring (bicyclic) bond motifs is 1. The molecule has 1 amide bonds. The molecule has 29 heavy (non-hydrogen) atoms. The second kappa shape index (κ2) is 6.61. The van der Waals surface area contributed by atoms with Crippen LogP contribution >= 0.6 is 0 Å². The lowest BCUT2D eigenvalue weighted by molar-refractivity contribution is -0.137. The van der Waals surface area contributed by atoms with Gasteiger partial charge in [0, 0.05) is 24.2 Å². The number of rotatable bonds is 3. The molecule has 0 atom stereocenters. The van der Waals surface area contributed by atoms with Crippen molar-refractivity contribution < 1.29 is 26.7 Å². The number of pyridine rings is 2. The maximum absolute atomic E-state index is 15.0. The maximum Gasteiger partial charge on any atom is 0.416 e. The van der Waals surface area contributed by atoms with Gasteiger partial charge in [-0.05, 0) is 35.9 Å². The molecule has 3 aromatic rings. The normalized spacial score (nSPS) is 14.2. The van der Waals surface area contributed by atoms with Crippen LogP contribution in [-0.2, 0) is 23.4 Å². The van der Waals surface area contributed by atoms with Gasteiger partial charge in [-0.3, -0.25) is 14.8 Å². The summed E-state index contributed by atoms with van der Waals surface area (Å²) < 4.78 is 69.0. The molecule has 1 aliphatic rings. The first-order valence-corrected chi connectivity index (χ1v) is 8.46. The fraction of sp³-hybridized carbons (Fsp3) is 0.150. The van der Waals surface area contributed by atoms with E-state index < -0.39 is 29.3 Å². The molecule has 0 radical (unpaired) electrons. The van der Waals surface area contributed by atoms with Gasteiger partial charge >= 0.3 is 12.2 Å². The molecule has 0 spiro atoms. The molecule has 1 aromatic carbocycles. The molecule has 9 heteroatoms. The number of alkyl halides is 5. The van der Waals surface area contributed by atoms with Gasteiger partial charge < -0.3 is 0 Å². The smallest absolute Gasteiger partial charge is 0.274 e. The first-order chi connectivity index (χ1) is 13.7. The van der Waals surface area contributed by atoms with E-state index in [2.05, 4.69) is 9.97 Å². The van der Waals surface area contributed by atoms with Gasteiger partial charge in [0.1, 0.15) is 0 Å². The Morgan fingerprint density at radius 3 is 2.34 bits per heavy atom. The summed E-state index contributed by atoms with van der Waals surface area (Å²) in [5.41, 5.74) is -1.02. The highest BCUT2D eigenvalue weighted by molar-refractivity contribution is 6.02. The van der Waals surface area contributed by atoms with Crippen LogP contribution in [0.15, 0.2) is 61.1 Å². The average molecular weight is 405 g/mol. The molecule has 0 fully saturated rings. The standard InChI is InChI=1S/C20H12F5N3O/c21-19(22,23)14-4-1-3-12(7-14)13-8-17-16(27-10-13)9-18(29)28(17)20(24,25)15-5-2-6-26-11-15/h1-8,10-11H,9H2. The number of benzene rings is 1. The zero-order valence-corrected chi connectivity index (χ0v) is 14.6. The Morgan fingerprint density at radius 2 is 1.66 bits per heavy atom. The van der Waals surface area contributed by atoms with Crippen LogP contribution in [0.1, 0.15) is 16.8 Å². The Bertz CT molecular complexity index is 1080. The van der Waals surface area contributed by atoms with Crippen LogP contribution in [0.4, 0.5) is 27.6 Å². The lowest BCUT2D eigenvalue weighted by atomic mass is 10.0. The number of carbonyl (C=O) groups excluding carboxylic acids is 1. The average Bonchev–Trinajstić information content (AvgIpc) is 3.03. The summed E-state index contributed by atoms with van der Waals surface area (Å²) in [7, 11) is 0. The van der Waals surface area contributed by atoms with Crippen molar-refractivity contribution in [1.82, 2.24) is 9.97 Å². The van der Waals surface area contributed by atoms with Crippen molar-refractivity contribution in [3.8, 4) is 11.1 Å². The van der Waals surface area contributed by atoms with Crippen molar-refractivity contribution in [2.75, 3.05) is 4.90 Å². The minimum atomic E-state index is -4.55. The Hall–Kier alpha value is -3.36. The van der Waals surface area contributed by atoms with Crippen LogP contribution in [0, 0.1) is 0 Å². The molecule has 0 bridgehead atoms. The predicted molar refractivity (Wildman–Crippen MR) is 94.0 cm³/mol. The van der Waals surface area contributed by atoms with E-state index in [-0.39, 0.29) is 28.9 Å². The van der Waals surface area contributed by atoms with Crippen LogP contribution in [0.3, 0.4) is 0 Å². The van der Waals surface area contributed by atoms with E-state index in [9.17, 15) is 18.0 Å². The molecule has 1 aliphatic heterocycles.